The number of aliphatic hydroxyl groups is 1. The Bertz CT molecular complexity index is 85.7. The largest absolute Gasteiger partial charge is 0.389 e. The molecule has 0 heterocycles. The third-order valence-electron chi connectivity index (χ3n) is 1.03. The summed E-state index contributed by atoms with van der Waals surface area (Å²) in [6, 6.07) is 0. The Balaban J connectivity index is 3.04. The summed E-state index contributed by atoms with van der Waals surface area (Å²) in [6.45, 7) is 5.19. The van der Waals surface area contributed by atoms with Gasteiger partial charge in [0.15, 0.2) is 0 Å². The molecule has 3 nitrogen and oxygen atoms in total. The van der Waals surface area contributed by atoms with Crippen LogP contribution >= 0.6 is 0 Å². The lowest BCUT2D eigenvalue weighted by Crippen LogP contribution is -2.29. The zero-order valence-electron chi connectivity index (χ0n) is 6.34. The Morgan fingerprint density at radius 3 is 3.00 bits per heavy atom. The molecule has 0 fully saturated rings. The predicted molar refractivity (Wildman–Crippen MR) is 40.9 cm³/mol. The van der Waals surface area contributed by atoms with Crippen LogP contribution in [0.2, 0.25) is 0 Å². The molecule has 2 N–H and O–H groups in total. The number of hydrogen-bond donors (Lipinski definition) is 2. The summed E-state index contributed by atoms with van der Waals surface area (Å²) in [5.41, 5.74) is 0. The second kappa shape index (κ2) is 6.74. The van der Waals surface area contributed by atoms with E-state index >= 15 is 0 Å². The van der Waals surface area contributed by atoms with Crippen LogP contribution in [-0.2, 0) is 4.74 Å². The van der Waals surface area contributed by atoms with E-state index in [9.17, 15) is 0 Å². The van der Waals surface area contributed by atoms with Crippen LogP contribution in [0.25, 0.3) is 0 Å². The molecule has 0 saturated heterocycles. The monoisotopic (exact) mass is 145 g/mol. The maximum atomic E-state index is 9.05. The van der Waals surface area contributed by atoms with Gasteiger partial charge in [0.25, 0.3) is 0 Å². The van der Waals surface area contributed by atoms with Gasteiger partial charge >= 0.3 is 0 Å². The van der Waals surface area contributed by atoms with E-state index in [2.05, 4.69) is 11.9 Å². The Hall–Kier alpha value is -0.380. The summed E-state index contributed by atoms with van der Waals surface area (Å²) in [5, 5.41) is 12.0. The molecule has 0 aliphatic heterocycles. The highest BCUT2D eigenvalue weighted by atomic mass is 16.5. The third-order valence-corrected chi connectivity index (χ3v) is 1.03. The van der Waals surface area contributed by atoms with Crippen molar-refractivity contribution in [3.05, 3.63) is 12.7 Å². The molecule has 0 aliphatic rings. The fourth-order valence-corrected chi connectivity index (χ4v) is 0.603. The number of nitrogens with one attached hydrogen (secondary N) is 1. The minimum Gasteiger partial charge on any atom is -0.389 e. The number of aliphatic hydroxyl groups excluding tert-OH is 1. The van der Waals surface area contributed by atoms with Crippen LogP contribution in [-0.4, -0.2) is 38.0 Å². The molecule has 0 radical (unpaired) electrons. The number of hydrogen-bond acceptors (Lipinski definition) is 3. The second-order valence-electron chi connectivity index (χ2n) is 2.06. The van der Waals surface area contributed by atoms with Gasteiger partial charge < -0.3 is 15.2 Å². The van der Waals surface area contributed by atoms with Crippen LogP contribution in [0.5, 0.6) is 0 Å². The molecular formula is C7H15NO2. The summed E-state index contributed by atoms with van der Waals surface area (Å²) in [5.74, 6) is 0. The summed E-state index contributed by atoms with van der Waals surface area (Å²) >= 11 is 0. The average Bonchev–Trinajstić information content (AvgIpc) is 1.89. The molecule has 0 aromatic heterocycles. The van der Waals surface area contributed by atoms with E-state index in [0.29, 0.717) is 13.2 Å². The van der Waals surface area contributed by atoms with Crippen molar-refractivity contribution in [2.45, 2.75) is 6.10 Å². The van der Waals surface area contributed by atoms with Crippen molar-refractivity contribution in [2.24, 2.45) is 0 Å². The molecule has 3 heteroatoms. The van der Waals surface area contributed by atoms with Crippen LogP contribution < -0.4 is 5.32 Å². The average molecular weight is 145 g/mol. The molecule has 0 spiro atoms. The van der Waals surface area contributed by atoms with Gasteiger partial charge in [0.05, 0.1) is 12.7 Å². The standard InChI is InChI=1S/C7H15NO2/c1-3-4-8-5-7(9)6-10-2/h3,7-9H,1,4-6H2,2H3/t7-/m0/s1. The van der Waals surface area contributed by atoms with Crippen LogP contribution in [0.3, 0.4) is 0 Å². The Morgan fingerprint density at radius 1 is 1.80 bits per heavy atom. The lowest BCUT2D eigenvalue weighted by Gasteiger charge is -2.08. The maximum absolute atomic E-state index is 9.05. The van der Waals surface area contributed by atoms with Crippen molar-refractivity contribution in [3.8, 4) is 0 Å². The first-order valence-electron chi connectivity index (χ1n) is 3.30. The normalized spacial score (nSPS) is 13.0. The van der Waals surface area contributed by atoms with E-state index in [0.717, 1.165) is 6.54 Å². The predicted octanol–water partition coefficient (Wildman–Crippen LogP) is -0.231. The van der Waals surface area contributed by atoms with Crippen molar-refractivity contribution < 1.29 is 9.84 Å². The minimum atomic E-state index is -0.412. The lowest BCUT2D eigenvalue weighted by molar-refractivity contribution is 0.0652. The molecule has 0 aromatic rings. The van der Waals surface area contributed by atoms with Gasteiger partial charge in [0, 0.05) is 20.2 Å². The summed E-state index contributed by atoms with van der Waals surface area (Å²) < 4.78 is 4.72. The first kappa shape index (κ1) is 9.62. The van der Waals surface area contributed by atoms with Crippen LogP contribution in [0.4, 0.5) is 0 Å². The third kappa shape index (κ3) is 5.75. The molecule has 1 atom stereocenters. The maximum Gasteiger partial charge on any atom is 0.0897 e. The number of rotatable bonds is 6. The van der Waals surface area contributed by atoms with Crippen LogP contribution in [0.1, 0.15) is 0 Å². The highest BCUT2D eigenvalue weighted by Gasteiger charge is 1.99. The highest BCUT2D eigenvalue weighted by molar-refractivity contribution is 4.70. The first-order valence-corrected chi connectivity index (χ1v) is 3.30. The van der Waals surface area contributed by atoms with Gasteiger partial charge in [0.2, 0.25) is 0 Å². The van der Waals surface area contributed by atoms with Crippen molar-refractivity contribution in [2.75, 3.05) is 26.8 Å². The first-order chi connectivity index (χ1) is 4.81. The number of methoxy groups -OCH3 is 1. The SMILES string of the molecule is C=CCNC[C@H](O)COC. The lowest BCUT2D eigenvalue weighted by atomic mass is 10.4. The van der Waals surface area contributed by atoms with Crippen molar-refractivity contribution >= 4 is 0 Å². The Labute approximate surface area is 61.7 Å². The molecule has 0 aliphatic carbocycles. The summed E-state index contributed by atoms with van der Waals surface area (Å²) in [7, 11) is 1.57. The van der Waals surface area contributed by atoms with E-state index < -0.39 is 6.10 Å². The molecule has 0 unspecified atom stereocenters. The van der Waals surface area contributed by atoms with Crippen molar-refractivity contribution in [1.82, 2.24) is 5.32 Å². The summed E-state index contributed by atoms with van der Waals surface area (Å²) in [4.78, 5) is 0. The molecule has 0 saturated carbocycles. The molecule has 10 heavy (non-hydrogen) atoms. The molecule has 0 aromatic carbocycles. The fourth-order valence-electron chi connectivity index (χ4n) is 0.603. The van der Waals surface area contributed by atoms with Crippen molar-refractivity contribution in [3.63, 3.8) is 0 Å². The van der Waals surface area contributed by atoms with Crippen LogP contribution in [0.15, 0.2) is 12.7 Å². The van der Waals surface area contributed by atoms with Gasteiger partial charge in [-0.2, -0.15) is 0 Å². The van der Waals surface area contributed by atoms with Gasteiger partial charge in [-0.05, 0) is 0 Å². The van der Waals surface area contributed by atoms with Gasteiger partial charge in [-0.1, -0.05) is 6.08 Å². The van der Waals surface area contributed by atoms with E-state index in [1.54, 1.807) is 13.2 Å². The van der Waals surface area contributed by atoms with E-state index in [-0.39, 0.29) is 0 Å². The summed E-state index contributed by atoms with van der Waals surface area (Å²) in [6.07, 6.45) is 1.34. The quantitative estimate of drug-likeness (QED) is 0.400. The molecular weight excluding hydrogens is 130 g/mol. The zero-order valence-corrected chi connectivity index (χ0v) is 6.34. The topological polar surface area (TPSA) is 41.5 Å². The fraction of sp³-hybridized carbons (Fsp3) is 0.714. The van der Waals surface area contributed by atoms with E-state index in [1.807, 2.05) is 0 Å². The molecule has 0 rings (SSSR count). The van der Waals surface area contributed by atoms with E-state index in [1.165, 1.54) is 0 Å². The van der Waals surface area contributed by atoms with Gasteiger partial charge in [-0.15, -0.1) is 6.58 Å². The van der Waals surface area contributed by atoms with Crippen LogP contribution in [0, 0.1) is 0 Å². The van der Waals surface area contributed by atoms with Crippen molar-refractivity contribution in [1.29, 1.82) is 0 Å². The smallest absolute Gasteiger partial charge is 0.0897 e. The van der Waals surface area contributed by atoms with E-state index in [4.69, 9.17) is 9.84 Å². The number of ether oxygens (including phenoxy) is 1. The van der Waals surface area contributed by atoms with Gasteiger partial charge in [-0.25, -0.2) is 0 Å². The molecule has 60 valence electrons. The van der Waals surface area contributed by atoms with Gasteiger partial charge in [0.1, 0.15) is 0 Å². The second-order valence-corrected chi connectivity index (χ2v) is 2.06. The van der Waals surface area contributed by atoms with Gasteiger partial charge in [-0.3, -0.25) is 0 Å². The molecule has 0 amide bonds. The highest BCUT2D eigenvalue weighted by Crippen LogP contribution is 1.79. The minimum absolute atomic E-state index is 0.379. The molecule has 0 bridgehead atoms. The Kier molecular flexibility index (Phi) is 6.48. The Morgan fingerprint density at radius 2 is 2.50 bits per heavy atom. The zero-order chi connectivity index (χ0) is 7.82.